The summed E-state index contributed by atoms with van der Waals surface area (Å²) in [6.45, 7) is 13.2. The standard InChI is InChI=1S/C36H38O3S/c1-21(2)29-18-27(34-28-16-12-11-15-26(28)20-32-33(34)23(5)24(6)40-32)19-30(22(3)4)35(29)39-31(36(37)38-7)17-25-13-9-8-10-14-25/h8-16,18-22,31H,17H2,1-7H3. The number of rotatable bonds is 8. The average molecular weight is 551 g/mol. The number of hydrogen-bond donors (Lipinski definition) is 0. The van der Waals surface area contributed by atoms with Crippen molar-refractivity contribution in [3.05, 3.63) is 99.9 Å². The van der Waals surface area contributed by atoms with Crippen LogP contribution in [0.3, 0.4) is 0 Å². The molecule has 0 saturated carbocycles. The lowest BCUT2D eigenvalue weighted by Crippen LogP contribution is -2.31. The van der Waals surface area contributed by atoms with Crippen LogP contribution in [0.25, 0.3) is 32.0 Å². The summed E-state index contributed by atoms with van der Waals surface area (Å²) >= 11 is 1.87. The van der Waals surface area contributed by atoms with Gasteiger partial charge >= 0.3 is 5.97 Å². The number of esters is 1. The summed E-state index contributed by atoms with van der Waals surface area (Å²) in [4.78, 5) is 14.3. The van der Waals surface area contributed by atoms with Gasteiger partial charge in [-0.1, -0.05) is 82.3 Å². The zero-order valence-corrected chi connectivity index (χ0v) is 25.3. The van der Waals surface area contributed by atoms with E-state index in [4.69, 9.17) is 9.47 Å². The van der Waals surface area contributed by atoms with Crippen LogP contribution in [0.15, 0.2) is 72.8 Å². The van der Waals surface area contributed by atoms with Crippen molar-refractivity contribution in [3.63, 3.8) is 0 Å². The topological polar surface area (TPSA) is 35.5 Å². The number of thiophene rings is 1. The number of benzene rings is 4. The molecule has 0 aliphatic carbocycles. The molecule has 3 nitrogen and oxygen atoms in total. The van der Waals surface area contributed by atoms with Gasteiger partial charge in [0.1, 0.15) is 5.75 Å². The highest BCUT2D eigenvalue weighted by atomic mass is 32.1. The highest BCUT2D eigenvalue weighted by Gasteiger charge is 2.27. The third kappa shape index (κ3) is 5.25. The van der Waals surface area contributed by atoms with Gasteiger partial charge in [-0.25, -0.2) is 4.79 Å². The molecule has 0 N–H and O–H groups in total. The second-order valence-corrected chi connectivity index (χ2v) is 12.5. The maximum Gasteiger partial charge on any atom is 0.347 e. The predicted octanol–water partition coefficient (Wildman–Crippen LogP) is 9.75. The molecule has 1 aromatic heterocycles. The summed E-state index contributed by atoms with van der Waals surface area (Å²) in [5, 5.41) is 3.83. The largest absolute Gasteiger partial charge is 0.478 e. The van der Waals surface area contributed by atoms with Gasteiger partial charge < -0.3 is 9.47 Å². The van der Waals surface area contributed by atoms with Gasteiger partial charge in [-0.2, -0.15) is 0 Å². The lowest BCUT2D eigenvalue weighted by atomic mass is 9.86. The van der Waals surface area contributed by atoms with E-state index in [1.807, 2.05) is 41.7 Å². The van der Waals surface area contributed by atoms with E-state index in [-0.39, 0.29) is 17.8 Å². The Kier molecular flexibility index (Phi) is 8.00. The Morgan fingerprint density at radius 2 is 1.48 bits per heavy atom. The first-order valence-corrected chi connectivity index (χ1v) is 14.9. The van der Waals surface area contributed by atoms with Gasteiger partial charge in [-0.05, 0) is 88.0 Å². The quantitative estimate of drug-likeness (QED) is 0.180. The van der Waals surface area contributed by atoms with Crippen LogP contribution in [0.1, 0.15) is 66.7 Å². The molecule has 206 valence electrons. The highest BCUT2D eigenvalue weighted by Crippen LogP contribution is 2.46. The van der Waals surface area contributed by atoms with Crippen molar-refractivity contribution >= 4 is 38.2 Å². The lowest BCUT2D eigenvalue weighted by Gasteiger charge is -2.26. The van der Waals surface area contributed by atoms with E-state index in [1.54, 1.807) is 0 Å². The van der Waals surface area contributed by atoms with Crippen molar-refractivity contribution < 1.29 is 14.3 Å². The van der Waals surface area contributed by atoms with Gasteiger partial charge in [-0.15, -0.1) is 11.3 Å². The maximum absolute atomic E-state index is 13.0. The zero-order valence-electron chi connectivity index (χ0n) is 24.5. The first kappa shape index (κ1) is 27.9. The van der Waals surface area contributed by atoms with Gasteiger partial charge in [-0.3, -0.25) is 0 Å². The molecule has 5 rings (SSSR count). The minimum absolute atomic E-state index is 0.193. The molecule has 0 aliphatic heterocycles. The molecule has 0 aliphatic rings. The molecule has 1 atom stereocenters. The van der Waals surface area contributed by atoms with E-state index in [9.17, 15) is 4.79 Å². The lowest BCUT2D eigenvalue weighted by molar-refractivity contribution is -0.148. The molecule has 4 aromatic carbocycles. The van der Waals surface area contributed by atoms with Crippen LogP contribution in [-0.2, 0) is 16.0 Å². The van der Waals surface area contributed by atoms with E-state index in [2.05, 4.69) is 84.0 Å². The average Bonchev–Trinajstić information content (AvgIpc) is 3.23. The Labute approximate surface area is 241 Å². The predicted molar refractivity (Wildman–Crippen MR) is 169 cm³/mol. The molecule has 5 aromatic rings. The van der Waals surface area contributed by atoms with Crippen LogP contribution >= 0.6 is 11.3 Å². The Bertz CT molecular complexity index is 1650. The summed E-state index contributed by atoms with van der Waals surface area (Å²) in [7, 11) is 1.43. The van der Waals surface area contributed by atoms with Crippen LogP contribution < -0.4 is 4.74 Å². The molecular weight excluding hydrogens is 512 g/mol. The van der Waals surface area contributed by atoms with Crippen LogP contribution in [0.4, 0.5) is 0 Å². The first-order valence-electron chi connectivity index (χ1n) is 14.1. The molecule has 0 spiro atoms. The fourth-order valence-electron chi connectivity index (χ4n) is 5.58. The van der Waals surface area contributed by atoms with Gasteiger partial charge in [0.2, 0.25) is 0 Å². The highest BCUT2D eigenvalue weighted by molar-refractivity contribution is 7.19. The minimum atomic E-state index is -0.737. The van der Waals surface area contributed by atoms with Gasteiger partial charge in [0.25, 0.3) is 0 Å². The fourth-order valence-corrected chi connectivity index (χ4v) is 6.71. The van der Waals surface area contributed by atoms with Gasteiger partial charge in [0.05, 0.1) is 7.11 Å². The van der Waals surface area contributed by atoms with Crippen LogP contribution in [0, 0.1) is 13.8 Å². The Morgan fingerprint density at radius 3 is 2.10 bits per heavy atom. The number of carbonyl (C=O) groups is 1. The second-order valence-electron chi connectivity index (χ2n) is 11.2. The molecule has 1 heterocycles. The zero-order chi connectivity index (χ0) is 28.6. The number of methoxy groups -OCH3 is 1. The van der Waals surface area contributed by atoms with Crippen molar-refractivity contribution in [2.75, 3.05) is 7.11 Å². The van der Waals surface area contributed by atoms with Gasteiger partial charge in [0.15, 0.2) is 6.10 Å². The van der Waals surface area contributed by atoms with Crippen molar-refractivity contribution in [2.45, 2.75) is 65.9 Å². The van der Waals surface area contributed by atoms with E-state index in [0.29, 0.717) is 6.42 Å². The molecule has 4 heteroatoms. The molecule has 40 heavy (non-hydrogen) atoms. The number of fused-ring (bicyclic) bond motifs is 2. The molecule has 0 saturated heterocycles. The second kappa shape index (κ2) is 11.5. The first-order chi connectivity index (χ1) is 19.2. The summed E-state index contributed by atoms with van der Waals surface area (Å²) in [5.74, 6) is 0.823. The van der Waals surface area contributed by atoms with E-state index < -0.39 is 6.10 Å². The number of carbonyl (C=O) groups excluding carboxylic acids is 1. The number of hydrogen-bond acceptors (Lipinski definition) is 4. The SMILES string of the molecule is COC(=O)C(Cc1ccccc1)Oc1c(C(C)C)cc(-c2c3ccccc3cc3sc(C)c(C)c23)cc1C(C)C. The molecule has 0 bridgehead atoms. The van der Waals surface area contributed by atoms with Crippen LogP contribution in [-0.4, -0.2) is 19.2 Å². The van der Waals surface area contributed by atoms with Crippen LogP contribution in [0.2, 0.25) is 0 Å². The van der Waals surface area contributed by atoms with Gasteiger partial charge in [0, 0.05) is 21.4 Å². The molecule has 0 amide bonds. The Morgan fingerprint density at radius 1 is 0.850 bits per heavy atom. The van der Waals surface area contributed by atoms with Crippen molar-refractivity contribution in [3.8, 4) is 16.9 Å². The molecule has 0 radical (unpaired) electrons. The van der Waals surface area contributed by atoms with Crippen molar-refractivity contribution in [2.24, 2.45) is 0 Å². The third-order valence-electron chi connectivity index (χ3n) is 7.85. The smallest absolute Gasteiger partial charge is 0.347 e. The third-order valence-corrected chi connectivity index (χ3v) is 9.00. The van der Waals surface area contributed by atoms with Crippen molar-refractivity contribution in [1.82, 2.24) is 0 Å². The monoisotopic (exact) mass is 550 g/mol. The van der Waals surface area contributed by atoms with Crippen molar-refractivity contribution in [1.29, 1.82) is 0 Å². The summed E-state index contributed by atoms with van der Waals surface area (Å²) in [6, 6.07) is 25.6. The van der Waals surface area contributed by atoms with Crippen LogP contribution in [0.5, 0.6) is 5.75 Å². The number of aryl methyl sites for hydroxylation is 2. The summed E-state index contributed by atoms with van der Waals surface area (Å²) in [6.07, 6.45) is -0.291. The maximum atomic E-state index is 13.0. The Balaban J connectivity index is 1.74. The molecule has 1 unspecified atom stereocenters. The molecular formula is C36H38O3S. The normalized spacial score (nSPS) is 12.4. The Hall–Kier alpha value is -3.63. The summed E-state index contributed by atoms with van der Waals surface area (Å²) < 4.78 is 13.2. The molecule has 0 fully saturated rings. The fraction of sp³-hybridized carbons (Fsp3) is 0.306. The summed E-state index contributed by atoms with van der Waals surface area (Å²) in [5.41, 5.74) is 7.06. The number of ether oxygens (including phenoxy) is 2. The van der Waals surface area contributed by atoms with E-state index >= 15 is 0 Å². The van der Waals surface area contributed by atoms with E-state index in [1.165, 1.54) is 49.5 Å². The van der Waals surface area contributed by atoms with E-state index in [0.717, 1.165) is 22.4 Å². The minimum Gasteiger partial charge on any atom is -0.478 e.